The predicted molar refractivity (Wildman–Crippen MR) is 134 cm³/mol. The molecule has 38 heavy (non-hydrogen) atoms. The van der Waals surface area contributed by atoms with E-state index in [2.05, 4.69) is 5.32 Å². The minimum atomic E-state index is -1.90. The van der Waals surface area contributed by atoms with Crippen LogP contribution in [0.3, 0.4) is 0 Å². The van der Waals surface area contributed by atoms with Gasteiger partial charge in [-0.1, -0.05) is 0 Å². The molecule has 0 bridgehead atoms. The molecule has 12 nitrogen and oxygen atoms in total. The van der Waals surface area contributed by atoms with Crippen LogP contribution in [0.1, 0.15) is 22.8 Å². The average molecular weight is 530 g/mol. The summed E-state index contributed by atoms with van der Waals surface area (Å²) in [4.78, 5) is 52.4. The van der Waals surface area contributed by atoms with E-state index < -0.39 is 41.7 Å². The maximum Gasteiger partial charge on any atom is 0.325 e. The van der Waals surface area contributed by atoms with Crippen LogP contribution in [0.25, 0.3) is 0 Å². The molecule has 0 aliphatic carbocycles. The van der Waals surface area contributed by atoms with Crippen molar-refractivity contribution in [3.63, 3.8) is 0 Å². The first kappa shape index (κ1) is 28.2. The van der Waals surface area contributed by atoms with Crippen molar-refractivity contribution in [2.75, 3.05) is 43.6 Å². The summed E-state index contributed by atoms with van der Waals surface area (Å²) in [5.41, 5.74) is 6.03. The number of amides is 3. The maximum absolute atomic E-state index is 14.5. The van der Waals surface area contributed by atoms with Gasteiger partial charge in [-0.15, -0.1) is 0 Å². The molecule has 13 heteroatoms. The summed E-state index contributed by atoms with van der Waals surface area (Å²) in [6.07, 6.45) is -3.49. The Hall–Kier alpha value is -4.36. The van der Waals surface area contributed by atoms with Gasteiger partial charge in [0, 0.05) is 36.1 Å². The number of halogens is 1. The number of nitrogens with two attached hydrogens (primary N) is 1. The number of aliphatic hydroxyl groups excluding tert-OH is 1. The molecule has 2 aromatic carbocycles. The van der Waals surface area contributed by atoms with Gasteiger partial charge in [-0.3, -0.25) is 24.6 Å². The van der Waals surface area contributed by atoms with Gasteiger partial charge in [0.05, 0.1) is 13.2 Å². The van der Waals surface area contributed by atoms with Crippen LogP contribution in [0, 0.1) is 11.2 Å². The number of nitrogens with zero attached hydrogens (tertiary/aromatic N) is 2. The second kappa shape index (κ2) is 12.3. The lowest BCUT2D eigenvalue weighted by molar-refractivity contribution is -0.150. The quantitative estimate of drug-likeness (QED) is 0.206. The fourth-order valence-corrected chi connectivity index (χ4v) is 3.72. The zero-order valence-corrected chi connectivity index (χ0v) is 20.8. The summed E-state index contributed by atoms with van der Waals surface area (Å²) in [6, 6.07) is 9.23. The number of carbonyl (C=O) groups is 4. The van der Waals surface area contributed by atoms with Gasteiger partial charge in [0.2, 0.25) is 0 Å². The lowest BCUT2D eigenvalue weighted by Crippen LogP contribution is -2.55. The van der Waals surface area contributed by atoms with Crippen molar-refractivity contribution >= 4 is 40.9 Å². The Balaban J connectivity index is 1.74. The fourth-order valence-electron chi connectivity index (χ4n) is 3.72. The number of aliphatic hydroxyl groups is 1. The second-order valence-corrected chi connectivity index (χ2v) is 8.37. The van der Waals surface area contributed by atoms with E-state index in [1.54, 1.807) is 6.92 Å². The van der Waals surface area contributed by atoms with Crippen molar-refractivity contribution in [1.82, 2.24) is 4.90 Å². The number of morpholine rings is 1. The van der Waals surface area contributed by atoms with Crippen LogP contribution in [0.5, 0.6) is 0 Å². The van der Waals surface area contributed by atoms with E-state index in [0.717, 1.165) is 21.9 Å². The number of rotatable bonds is 9. The van der Waals surface area contributed by atoms with E-state index in [9.17, 15) is 28.7 Å². The van der Waals surface area contributed by atoms with E-state index >= 15 is 0 Å². The molecule has 1 heterocycles. The van der Waals surface area contributed by atoms with Crippen molar-refractivity contribution in [1.29, 1.82) is 5.41 Å². The minimum absolute atomic E-state index is 0.0172. The van der Waals surface area contributed by atoms with E-state index in [1.165, 1.54) is 37.4 Å². The molecule has 1 aliphatic rings. The van der Waals surface area contributed by atoms with E-state index in [-0.39, 0.29) is 43.4 Å². The van der Waals surface area contributed by atoms with E-state index in [1.807, 2.05) is 0 Å². The normalized spacial score (nSPS) is 15.9. The van der Waals surface area contributed by atoms with Gasteiger partial charge in [0.1, 0.15) is 18.2 Å². The highest BCUT2D eigenvalue weighted by atomic mass is 19.1. The molecule has 0 saturated carbocycles. The molecule has 0 aromatic heterocycles. The first-order valence-corrected chi connectivity index (χ1v) is 11.6. The SMILES string of the molecule is CCOC(=O)CN(C)C(=O)c1cc(F)cc(N2CCOC(C(O)C(=O)Nc3ccc(C(=N)N)cc3)C2=O)c1. The van der Waals surface area contributed by atoms with E-state index in [0.29, 0.717) is 11.3 Å². The summed E-state index contributed by atoms with van der Waals surface area (Å²) in [7, 11) is 1.35. The number of nitrogens with one attached hydrogen (secondary N) is 2. The van der Waals surface area contributed by atoms with Gasteiger partial charge in [0.15, 0.2) is 12.2 Å². The van der Waals surface area contributed by atoms with E-state index in [4.69, 9.17) is 20.6 Å². The summed E-state index contributed by atoms with van der Waals surface area (Å²) in [6.45, 7) is 1.32. The Labute approximate surface area is 217 Å². The number of carbonyl (C=O) groups excluding carboxylic acids is 4. The molecule has 1 saturated heterocycles. The van der Waals surface area contributed by atoms with Gasteiger partial charge in [0.25, 0.3) is 17.7 Å². The van der Waals surface area contributed by atoms with Gasteiger partial charge < -0.3 is 35.4 Å². The number of esters is 1. The molecular formula is C25H28FN5O7. The molecule has 2 aromatic rings. The van der Waals surface area contributed by atoms with Crippen LogP contribution >= 0.6 is 0 Å². The van der Waals surface area contributed by atoms with Crippen molar-refractivity contribution in [3.8, 4) is 0 Å². The molecule has 3 rings (SSSR count). The number of amidine groups is 1. The largest absolute Gasteiger partial charge is 0.465 e. The standard InChI is InChI=1S/C25H28FN5O7/c1-3-37-19(32)13-30(2)24(35)15-10-16(26)12-18(11-15)31-8-9-38-21(25(31)36)20(33)23(34)29-17-6-4-14(5-7-17)22(27)28/h4-7,10-12,20-21,33H,3,8-9,13H2,1-2H3,(H3,27,28)(H,29,34). The predicted octanol–water partition coefficient (Wildman–Crippen LogP) is 0.476. The third-order valence-electron chi connectivity index (χ3n) is 5.60. The molecular weight excluding hydrogens is 501 g/mol. The fraction of sp³-hybridized carbons (Fsp3) is 0.320. The van der Waals surface area contributed by atoms with Crippen LogP contribution < -0.4 is 16.0 Å². The Morgan fingerprint density at radius 1 is 1.26 bits per heavy atom. The van der Waals surface area contributed by atoms with Crippen molar-refractivity contribution < 1.29 is 38.1 Å². The van der Waals surface area contributed by atoms with Crippen molar-refractivity contribution in [2.24, 2.45) is 5.73 Å². The van der Waals surface area contributed by atoms with Crippen molar-refractivity contribution in [2.45, 2.75) is 19.1 Å². The number of likely N-dealkylation sites (N-methyl/N-ethyl adjacent to an activating group) is 1. The molecule has 202 valence electrons. The number of hydrogen-bond donors (Lipinski definition) is 4. The summed E-state index contributed by atoms with van der Waals surface area (Å²) < 4.78 is 24.6. The van der Waals surface area contributed by atoms with Crippen LogP contribution in [0.4, 0.5) is 15.8 Å². The zero-order chi connectivity index (χ0) is 28.0. The Morgan fingerprint density at radius 3 is 2.58 bits per heavy atom. The molecule has 3 amide bonds. The van der Waals surface area contributed by atoms with Crippen LogP contribution in [0.2, 0.25) is 0 Å². The monoisotopic (exact) mass is 529 g/mol. The highest BCUT2D eigenvalue weighted by Crippen LogP contribution is 2.24. The molecule has 0 spiro atoms. The van der Waals surface area contributed by atoms with Gasteiger partial charge >= 0.3 is 5.97 Å². The number of nitrogen functional groups attached to an aromatic ring is 1. The summed E-state index contributed by atoms with van der Waals surface area (Å²) in [5, 5.41) is 20.4. The minimum Gasteiger partial charge on any atom is -0.465 e. The zero-order valence-electron chi connectivity index (χ0n) is 20.8. The van der Waals surface area contributed by atoms with Crippen LogP contribution in [-0.4, -0.2) is 85.1 Å². The Bertz CT molecular complexity index is 1240. The molecule has 2 atom stereocenters. The highest BCUT2D eigenvalue weighted by molar-refractivity contribution is 6.05. The number of benzene rings is 2. The van der Waals surface area contributed by atoms with Crippen LogP contribution in [-0.2, 0) is 23.9 Å². The lowest BCUT2D eigenvalue weighted by atomic mass is 10.1. The average Bonchev–Trinajstić information content (AvgIpc) is 2.88. The molecule has 2 unspecified atom stereocenters. The smallest absolute Gasteiger partial charge is 0.325 e. The summed E-state index contributed by atoms with van der Waals surface area (Å²) in [5.74, 6) is -4.00. The Morgan fingerprint density at radius 2 is 1.95 bits per heavy atom. The number of ether oxygens (including phenoxy) is 2. The number of anilines is 2. The molecule has 5 N–H and O–H groups in total. The van der Waals surface area contributed by atoms with Crippen molar-refractivity contribution in [3.05, 3.63) is 59.4 Å². The lowest BCUT2D eigenvalue weighted by Gasteiger charge is -2.34. The van der Waals surface area contributed by atoms with Gasteiger partial charge in [-0.05, 0) is 49.4 Å². The topological polar surface area (TPSA) is 175 Å². The first-order valence-electron chi connectivity index (χ1n) is 11.6. The molecule has 1 fully saturated rings. The maximum atomic E-state index is 14.5. The van der Waals surface area contributed by atoms with Crippen LogP contribution in [0.15, 0.2) is 42.5 Å². The highest BCUT2D eigenvalue weighted by Gasteiger charge is 2.39. The molecule has 1 aliphatic heterocycles. The number of hydrogen-bond acceptors (Lipinski definition) is 8. The summed E-state index contributed by atoms with van der Waals surface area (Å²) >= 11 is 0. The second-order valence-electron chi connectivity index (χ2n) is 8.37. The third-order valence-corrected chi connectivity index (χ3v) is 5.60. The van der Waals surface area contributed by atoms with Gasteiger partial charge in [-0.25, -0.2) is 4.39 Å². The molecule has 0 radical (unpaired) electrons. The van der Waals surface area contributed by atoms with Gasteiger partial charge in [-0.2, -0.15) is 0 Å². The third kappa shape index (κ3) is 6.69. The Kier molecular flexibility index (Phi) is 9.10. The first-order chi connectivity index (χ1) is 18.0.